The van der Waals surface area contributed by atoms with Gasteiger partial charge in [-0.05, 0) is 29.8 Å². The molecule has 0 bridgehead atoms. The minimum Gasteiger partial charge on any atom is -0.399 e. The quantitative estimate of drug-likeness (QED) is 0.874. The van der Waals surface area contributed by atoms with Crippen LogP contribution in [-0.2, 0) is 16.6 Å². The van der Waals surface area contributed by atoms with Crippen LogP contribution in [0.15, 0.2) is 47.4 Å². The van der Waals surface area contributed by atoms with Crippen molar-refractivity contribution in [1.29, 1.82) is 0 Å². The van der Waals surface area contributed by atoms with E-state index >= 15 is 0 Å². The standard InChI is InChI=1S/C13H11Cl2NOS/c14-11-3-1-2-4-13(11)18(17)8-9-5-6-10(16)7-12(9)15/h1-7H,8,16H2. The molecule has 18 heavy (non-hydrogen) atoms. The molecule has 0 spiro atoms. The van der Waals surface area contributed by atoms with Crippen molar-refractivity contribution in [3.05, 3.63) is 58.1 Å². The van der Waals surface area contributed by atoms with Crippen molar-refractivity contribution in [3.63, 3.8) is 0 Å². The Morgan fingerprint density at radius 2 is 1.78 bits per heavy atom. The maximum atomic E-state index is 12.2. The molecule has 0 radical (unpaired) electrons. The SMILES string of the molecule is Nc1ccc(CS(=O)c2ccccc2Cl)c(Cl)c1. The van der Waals surface area contributed by atoms with Gasteiger partial charge in [0.2, 0.25) is 0 Å². The van der Waals surface area contributed by atoms with Gasteiger partial charge in [-0.2, -0.15) is 0 Å². The van der Waals surface area contributed by atoms with Crippen molar-refractivity contribution >= 4 is 39.7 Å². The minimum atomic E-state index is -1.22. The lowest BCUT2D eigenvalue weighted by Gasteiger charge is -2.07. The lowest BCUT2D eigenvalue weighted by Crippen LogP contribution is -1.98. The molecule has 1 unspecified atom stereocenters. The van der Waals surface area contributed by atoms with Crippen LogP contribution in [0.2, 0.25) is 10.0 Å². The number of rotatable bonds is 3. The predicted molar refractivity (Wildman–Crippen MR) is 77.4 cm³/mol. The molecule has 2 rings (SSSR count). The lowest BCUT2D eigenvalue weighted by molar-refractivity contribution is 0.682. The summed E-state index contributed by atoms with van der Waals surface area (Å²) in [5, 5.41) is 1.03. The fourth-order valence-corrected chi connectivity index (χ4v) is 3.46. The van der Waals surface area contributed by atoms with Crippen LogP contribution in [0.4, 0.5) is 5.69 Å². The number of hydrogen-bond donors (Lipinski definition) is 1. The second-order valence-electron chi connectivity index (χ2n) is 3.77. The van der Waals surface area contributed by atoms with Crippen LogP contribution in [0.5, 0.6) is 0 Å². The molecule has 1 atom stereocenters. The molecule has 2 nitrogen and oxygen atoms in total. The second-order valence-corrected chi connectivity index (χ2v) is 6.01. The number of hydrogen-bond acceptors (Lipinski definition) is 2. The van der Waals surface area contributed by atoms with Crippen LogP contribution in [0, 0.1) is 0 Å². The van der Waals surface area contributed by atoms with E-state index < -0.39 is 10.8 Å². The Bertz CT molecular complexity index is 601. The first-order chi connectivity index (χ1) is 8.58. The van der Waals surface area contributed by atoms with Crippen LogP contribution in [-0.4, -0.2) is 4.21 Å². The number of nitrogen functional groups attached to an aromatic ring is 1. The van der Waals surface area contributed by atoms with Crippen molar-refractivity contribution in [1.82, 2.24) is 0 Å². The first-order valence-corrected chi connectivity index (χ1v) is 7.32. The van der Waals surface area contributed by atoms with Gasteiger partial charge in [0.05, 0.1) is 26.5 Å². The maximum Gasteiger partial charge on any atom is 0.0589 e. The van der Waals surface area contributed by atoms with E-state index in [0.29, 0.717) is 26.4 Å². The molecule has 0 aliphatic carbocycles. The Morgan fingerprint density at radius 1 is 1.06 bits per heavy atom. The summed E-state index contributed by atoms with van der Waals surface area (Å²) < 4.78 is 12.2. The molecule has 2 aromatic rings. The number of anilines is 1. The van der Waals surface area contributed by atoms with Gasteiger partial charge in [0.15, 0.2) is 0 Å². The fourth-order valence-electron chi connectivity index (χ4n) is 1.53. The third-order valence-corrected chi connectivity index (χ3v) is 4.66. The summed E-state index contributed by atoms with van der Waals surface area (Å²) in [5.74, 6) is 0.322. The third kappa shape index (κ3) is 3.05. The third-order valence-electron chi connectivity index (χ3n) is 2.45. The van der Waals surface area contributed by atoms with E-state index in [2.05, 4.69) is 0 Å². The van der Waals surface area contributed by atoms with Gasteiger partial charge in [0, 0.05) is 10.7 Å². The second kappa shape index (κ2) is 5.74. The molecule has 94 valence electrons. The molecule has 0 fully saturated rings. The highest BCUT2D eigenvalue weighted by Gasteiger charge is 2.11. The van der Waals surface area contributed by atoms with E-state index in [1.807, 2.05) is 6.07 Å². The summed E-state index contributed by atoms with van der Waals surface area (Å²) in [6.45, 7) is 0. The zero-order valence-corrected chi connectivity index (χ0v) is 11.7. The van der Waals surface area contributed by atoms with E-state index in [1.165, 1.54) is 0 Å². The van der Waals surface area contributed by atoms with Gasteiger partial charge >= 0.3 is 0 Å². The minimum absolute atomic E-state index is 0.322. The number of halogens is 2. The summed E-state index contributed by atoms with van der Waals surface area (Å²) in [6, 6.07) is 12.3. The van der Waals surface area contributed by atoms with Crippen LogP contribution in [0.3, 0.4) is 0 Å². The van der Waals surface area contributed by atoms with Gasteiger partial charge in [-0.25, -0.2) is 0 Å². The zero-order chi connectivity index (χ0) is 13.1. The average molecular weight is 300 g/mol. The molecular weight excluding hydrogens is 289 g/mol. The van der Waals surface area contributed by atoms with Gasteiger partial charge in [-0.1, -0.05) is 41.4 Å². The lowest BCUT2D eigenvalue weighted by atomic mass is 10.2. The highest BCUT2D eigenvalue weighted by molar-refractivity contribution is 7.84. The zero-order valence-electron chi connectivity index (χ0n) is 9.40. The molecule has 2 N–H and O–H groups in total. The summed E-state index contributed by atoms with van der Waals surface area (Å²) in [7, 11) is -1.22. The number of benzene rings is 2. The molecular formula is C13H11Cl2NOS. The van der Waals surface area contributed by atoms with Crippen molar-refractivity contribution in [2.75, 3.05) is 5.73 Å². The average Bonchev–Trinajstić information content (AvgIpc) is 2.33. The predicted octanol–water partition coefficient (Wildman–Crippen LogP) is 3.88. The van der Waals surface area contributed by atoms with Gasteiger partial charge in [0.25, 0.3) is 0 Å². The molecule has 0 aromatic heterocycles. The number of nitrogens with two attached hydrogens (primary N) is 1. The van der Waals surface area contributed by atoms with Gasteiger partial charge < -0.3 is 5.73 Å². The summed E-state index contributed by atoms with van der Waals surface area (Å²) >= 11 is 12.1. The van der Waals surface area contributed by atoms with Crippen LogP contribution < -0.4 is 5.73 Å². The molecule has 0 heterocycles. The Kier molecular flexibility index (Phi) is 4.27. The summed E-state index contributed by atoms with van der Waals surface area (Å²) in [4.78, 5) is 0.618. The van der Waals surface area contributed by atoms with Crippen LogP contribution in [0.1, 0.15) is 5.56 Å². The normalized spacial score (nSPS) is 12.3. The monoisotopic (exact) mass is 299 g/mol. The van der Waals surface area contributed by atoms with Gasteiger partial charge in [-0.3, -0.25) is 4.21 Å². The van der Waals surface area contributed by atoms with Crippen molar-refractivity contribution in [3.8, 4) is 0 Å². The van der Waals surface area contributed by atoms with E-state index in [9.17, 15) is 4.21 Å². The summed E-state index contributed by atoms with van der Waals surface area (Å²) in [5.41, 5.74) is 7.00. The topological polar surface area (TPSA) is 43.1 Å². The van der Waals surface area contributed by atoms with Crippen LogP contribution >= 0.6 is 23.2 Å². The molecule has 0 saturated carbocycles. The first kappa shape index (κ1) is 13.4. The van der Waals surface area contributed by atoms with E-state index in [4.69, 9.17) is 28.9 Å². The van der Waals surface area contributed by atoms with Crippen LogP contribution in [0.25, 0.3) is 0 Å². The molecule has 0 aliphatic rings. The van der Waals surface area contributed by atoms with Crippen molar-refractivity contribution in [2.24, 2.45) is 0 Å². The van der Waals surface area contributed by atoms with Crippen molar-refractivity contribution < 1.29 is 4.21 Å². The Labute approximate surface area is 118 Å². The molecule has 2 aromatic carbocycles. The largest absolute Gasteiger partial charge is 0.399 e. The Hall–Kier alpha value is -1.03. The van der Waals surface area contributed by atoms with Gasteiger partial charge in [-0.15, -0.1) is 0 Å². The molecule has 0 aliphatic heterocycles. The van der Waals surface area contributed by atoms with Gasteiger partial charge in [0.1, 0.15) is 0 Å². The molecule has 0 amide bonds. The first-order valence-electron chi connectivity index (χ1n) is 5.25. The molecule has 5 heteroatoms. The smallest absolute Gasteiger partial charge is 0.0589 e. The highest BCUT2D eigenvalue weighted by Crippen LogP contribution is 2.25. The Morgan fingerprint density at radius 3 is 2.44 bits per heavy atom. The van der Waals surface area contributed by atoms with E-state index in [-0.39, 0.29) is 0 Å². The summed E-state index contributed by atoms with van der Waals surface area (Å²) in [6.07, 6.45) is 0. The van der Waals surface area contributed by atoms with E-state index in [1.54, 1.807) is 36.4 Å². The molecule has 0 saturated heterocycles. The van der Waals surface area contributed by atoms with Crippen molar-refractivity contribution in [2.45, 2.75) is 10.6 Å². The maximum absolute atomic E-state index is 12.2. The van der Waals surface area contributed by atoms with E-state index in [0.717, 1.165) is 5.56 Å². The fraction of sp³-hybridized carbons (Fsp3) is 0.0769. The highest BCUT2D eigenvalue weighted by atomic mass is 35.5. The Balaban J connectivity index is 2.24.